The summed E-state index contributed by atoms with van der Waals surface area (Å²) < 4.78 is 0. The summed E-state index contributed by atoms with van der Waals surface area (Å²) in [5.41, 5.74) is 11.5. The number of piperazine rings is 1. The van der Waals surface area contributed by atoms with Gasteiger partial charge in [-0.1, -0.05) is 0 Å². The summed E-state index contributed by atoms with van der Waals surface area (Å²) in [7, 11) is 0. The first-order valence-electron chi connectivity index (χ1n) is 6.09. The maximum absolute atomic E-state index is 11.7. The molecule has 0 radical (unpaired) electrons. The number of hydrogen-bond acceptors (Lipinski definition) is 5. The Kier molecular flexibility index (Phi) is 3.84. The molecule has 0 aliphatic carbocycles. The maximum atomic E-state index is 11.7. The topological polar surface area (TPSA) is 106 Å². The van der Waals surface area contributed by atoms with Crippen molar-refractivity contribution < 1.29 is 9.59 Å². The smallest absolute Gasteiger partial charge is 0.232 e. The van der Waals surface area contributed by atoms with Gasteiger partial charge in [0.1, 0.15) is 12.2 Å². The summed E-state index contributed by atoms with van der Waals surface area (Å²) in [6.45, 7) is 2.57. The number of carbonyl (C=O) groups is 2. The van der Waals surface area contributed by atoms with Crippen molar-refractivity contribution in [1.29, 1.82) is 0 Å². The van der Waals surface area contributed by atoms with E-state index in [-0.39, 0.29) is 12.3 Å². The highest BCUT2D eigenvalue weighted by Gasteiger charge is 2.22. The minimum atomic E-state index is -0.588. The minimum Gasteiger partial charge on any atom is -0.384 e. The van der Waals surface area contributed by atoms with E-state index in [1.54, 1.807) is 17.2 Å². The van der Waals surface area contributed by atoms with Crippen LogP contribution in [0.5, 0.6) is 0 Å². The molecular formula is C12H17N5O2. The molecule has 0 bridgehead atoms. The first kappa shape index (κ1) is 13.1. The van der Waals surface area contributed by atoms with Crippen molar-refractivity contribution in [2.75, 3.05) is 36.8 Å². The fraction of sp³-hybridized carbons (Fsp3) is 0.417. The molecule has 2 rings (SSSR count). The second-order valence-electron chi connectivity index (χ2n) is 4.45. The molecule has 19 heavy (non-hydrogen) atoms. The van der Waals surface area contributed by atoms with E-state index in [4.69, 9.17) is 11.5 Å². The summed E-state index contributed by atoms with van der Waals surface area (Å²) in [5, 5.41) is 0. The number of nitrogens with zero attached hydrogens (tertiary/aromatic N) is 3. The number of anilines is 2. The third kappa shape index (κ3) is 3.34. The summed E-state index contributed by atoms with van der Waals surface area (Å²) in [5.74, 6) is -0.309. The van der Waals surface area contributed by atoms with Crippen molar-refractivity contribution in [3.05, 3.63) is 18.3 Å². The van der Waals surface area contributed by atoms with Crippen LogP contribution in [0.25, 0.3) is 0 Å². The summed E-state index contributed by atoms with van der Waals surface area (Å²) in [6, 6.07) is 3.66. The van der Waals surface area contributed by atoms with Crippen LogP contribution >= 0.6 is 0 Å². The molecule has 1 fully saturated rings. The molecule has 0 saturated carbocycles. The minimum absolute atomic E-state index is 0.206. The van der Waals surface area contributed by atoms with E-state index in [1.807, 2.05) is 6.07 Å². The van der Waals surface area contributed by atoms with Crippen molar-refractivity contribution in [3.8, 4) is 0 Å². The highest BCUT2D eigenvalue weighted by Crippen LogP contribution is 2.16. The van der Waals surface area contributed by atoms with Crippen LogP contribution in [0, 0.1) is 0 Å². The fourth-order valence-electron chi connectivity index (χ4n) is 2.06. The lowest BCUT2D eigenvalue weighted by atomic mass is 10.2. The number of aromatic nitrogens is 1. The molecule has 1 aliphatic heterocycles. The van der Waals surface area contributed by atoms with Crippen LogP contribution in [0.3, 0.4) is 0 Å². The van der Waals surface area contributed by atoms with Gasteiger partial charge in [-0.2, -0.15) is 0 Å². The average molecular weight is 263 g/mol. The van der Waals surface area contributed by atoms with Gasteiger partial charge < -0.3 is 21.3 Å². The van der Waals surface area contributed by atoms with E-state index >= 15 is 0 Å². The average Bonchev–Trinajstić information content (AvgIpc) is 2.39. The number of pyridine rings is 1. The zero-order valence-corrected chi connectivity index (χ0v) is 10.6. The van der Waals surface area contributed by atoms with Gasteiger partial charge in [0.05, 0.1) is 11.9 Å². The van der Waals surface area contributed by atoms with E-state index in [1.165, 1.54) is 0 Å². The summed E-state index contributed by atoms with van der Waals surface area (Å²) >= 11 is 0. The Labute approximate surface area is 111 Å². The highest BCUT2D eigenvalue weighted by molar-refractivity contribution is 5.96. The van der Waals surface area contributed by atoms with Gasteiger partial charge in [-0.3, -0.25) is 9.59 Å². The van der Waals surface area contributed by atoms with E-state index < -0.39 is 5.91 Å². The Hall–Kier alpha value is -2.31. The molecule has 0 aromatic carbocycles. The second kappa shape index (κ2) is 5.55. The molecule has 4 N–H and O–H groups in total. The van der Waals surface area contributed by atoms with E-state index in [0.717, 1.165) is 5.69 Å². The van der Waals surface area contributed by atoms with Gasteiger partial charge in [0.25, 0.3) is 0 Å². The lowest BCUT2D eigenvalue weighted by molar-refractivity contribution is -0.135. The number of primary amides is 1. The normalized spacial score (nSPS) is 15.4. The van der Waals surface area contributed by atoms with Gasteiger partial charge in [0.2, 0.25) is 11.8 Å². The van der Waals surface area contributed by atoms with Crippen LogP contribution in [0.2, 0.25) is 0 Å². The van der Waals surface area contributed by atoms with Crippen LogP contribution in [-0.4, -0.2) is 47.9 Å². The van der Waals surface area contributed by atoms with Crippen molar-refractivity contribution in [1.82, 2.24) is 9.88 Å². The maximum Gasteiger partial charge on any atom is 0.232 e. The summed E-state index contributed by atoms with van der Waals surface area (Å²) in [6.07, 6.45) is 1.50. The van der Waals surface area contributed by atoms with Gasteiger partial charge in [-0.05, 0) is 12.1 Å². The monoisotopic (exact) mass is 263 g/mol. The van der Waals surface area contributed by atoms with E-state index in [2.05, 4.69) is 9.88 Å². The van der Waals surface area contributed by atoms with Crippen LogP contribution in [0.1, 0.15) is 6.42 Å². The molecule has 7 heteroatoms. The third-order valence-electron chi connectivity index (χ3n) is 3.09. The lowest BCUT2D eigenvalue weighted by Crippen LogP contribution is -2.49. The molecule has 1 saturated heterocycles. The first-order chi connectivity index (χ1) is 9.06. The van der Waals surface area contributed by atoms with E-state index in [9.17, 15) is 9.59 Å². The Morgan fingerprint density at radius 2 is 1.89 bits per heavy atom. The van der Waals surface area contributed by atoms with Crippen LogP contribution in [0.15, 0.2) is 18.3 Å². The van der Waals surface area contributed by atoms with Crippen molar-refractivity contribution >= 4 is 23.3 Å². The predicted octanol–water partition coefficient (Wildman–Crippen LogP) is -0.812. The quantitative estimate of drug-likeness (QED) is 0.694. The van der Waals surface area contributed by atoms with Crippen LogP contribution in [0.4, 0.5) is 11.5 Å². The lowest BCUT2D eigenvalue weighted by Gasteiger charge is -2.35. The molecule has 7 nitrogen and oxygen atoms in total. The van der Waals surface area contributed by atoms with Crippen LogP contribution in [-0.2, 0) is 9.59 Å². The molecule has 102 valence electrons. The molecule has 1 aromatic rings. The number of rotatable bonds is 3. The van der Waals surface area contributed by atoms with Crippen molar-refractivity contribution in [2.45, 2.75) is 6.42 Å². The molecule has 2 heterocycles. The molecule has 1 aromatic heterocycles. The first-order valence-corrected chi connectivity index (χ1v) is 6.09. The Bertz CT molecular complexity index is 466. The molecule has 0 unspecified atom stereocenters. The fourth-order valence-corrected chi connectivity index (χ4v) is 2.06. The largest absolute Gasteiger partial charge is 0.384 e. The Morgan fingerprint density at radius 1 is 1.21 bits per heavy atom. The predicted molar refractivity (Wildman–Crippen MR) is 71.3 cm³/mol. The van der Waals surface area contributed by atoms with Gasteiger partial charge >= 0.3 is 0 Å². The third-order valence-corrected chi connectivity index (χ3v) is 3.09. The second-order valence-corrected chi connectivity index (χ2v) is 4.45. The SMILES string of the molecule is NC(=O)CC(=O)N1CCN(c2ccc(N)nc2)CC1. The van der Waals surface area contributed by atoms with Gasteiger partial charge in [0, 0.05) is 26.2 Å². The molecule has 2 amide bonds. The number of nitrogen functional groups attached to an aromatic ring is 1. The number of amides is 2. The zero-order chi connectivity index (χ0) is 13.8. The molecule has 0 atom stereocenters. The van der Waals surface area contributed by atoms with Crippen molar-refractivity contribution in [2.24, 2.45) is 5.73 Å². The van der Waals surface area contributed by atoms with Gasteiger partial charge in [-0.15, -0.1) is 0 Å². The highest BCUT2D eigenvalue weighted by atomic mass is 16.2. The molecule has 0 spiro atoms. The number of hydrogen-bond donors (Lipinski definition) is 2. The Morgan fingerprint density at radius 3 is 2.42 bits per heavy atom. The van der Waals surface area contributed by atoms with Gasteiger partial charge in [0.15, 0.2) is 0 Å². The van der Waals surface area contributed by atoms with Crippen LogP contribution < -0.4 is 16.4 Å². The van der Waals surface area contributed by atoms with Gasteiger partial charge in [-0.25, -0.2) is 4.98 Å². The van der Waals surface area contributed by atoms with Crippen molar-refractivity contribution in [3.63, 3.8) is 0 Å². The summed E-state index contributed by atoms with van der Waals surface area (Å²) in [4.78, 5) is 30.2. The number of carbonyl (C=O) groups excluding carboxylic acids is 2. The Balaban J connectivity index is 1.90. The molecular weight excluding hydrogens is 246 g/mol. The number of nitrogens with two attached hydrogens (primary N) is 2. The van der Waals surface area contributed by atoms with E-state index in [0.29, 0.717) is 32.0 Å². The standard InChI is InChI=1S/C12H17N5O2/c13-10-2-1-9(8-15-10)16-3-5-17(6-4-16)12(19)7-11(14)18/h1-2,8H,3-7H2,(H2,13,15)(H2,14,18). The zero-order valence-electron chi connectivity index (χ0n) is 10.6. The molecule has 1 aliphatic rings.